The standard InChI is InChI=1S/C63H81F3N8O17/c1-8-9-24-63(65,66)91-42-21-16-36(17-22-42)35-10-12-37(13-11-35)43-23-18-39(27-44(43)64)55(83)67-45-29-47(79)60(90-26-25-74(5,6)7)71-59(87)51-52(80)32(2)30-73(51)62(89)49(34(4)76)69-58(86)50(54(82)53(81)38-14-19-40(77)20-15-38)70-57(85)46-28-41(78)31-72(46)61(88)48(33(3)75)68-56(45)84/h10-23,27,32-34,41,45-54,60,75-76,78-82H,8-9,24-26,28-31H2,1-7H3,(H5-,67,68,69,70,71,77,83,84,85,86,87)/p+1/t32-,33+,34+,41+,45-,46-,47+,48-,49-,50-,51-,52-,53-,54-,60+/m0/s1. The average molecular weight is 1280 g/mol. The van der Waals surface area contributed by atoms with Gasteiger partial charge in [0.2, 0.25) is 35.4 Å². The molecule has 4 aromatic carbocycles. The first kappa shape index (κ1) is 70.7. The number of hydrogen-bond donors (Lipinski definition) is 13. The summed E-state index contributed by atoms with van der Waals surface area (Å²) in [5, 5.41) is 102. The molecule has 15 atom stereocenters. The molecule has 0 aliphatic carbocycles. The van der Waals surface area contributed by atoms with Crippen molar-refractivity contribution in [2.45, 2.75) is 151 Å². The van der Waals surface area contributed by atoms with Crippen LogP contribution in [0.4, 0.5) is 13.2 Å². The maximum Gasteiger partial charge on any atom is 0.397 e. The van der Waals surface area contributed by atoms with E-state index in [0.717, 1.165) is 41.8 Å². The Morgan fingerprint density at radius 3 is 1.88 bits per heavy atom. The van der Waals surface area contributed by atoms with Crippen LogP contribution in [-0.2, 0) is 33.5 Å². The Morgan fingerprint density at radius 1 is 0.725 bits per heavy atom. The van der Waals surface area contributed by atoms with Crippen LogP contribution in [0.1, 0.15) is 81.8 Å². The van der Waals surface area contributed by atoms with Gasteiger partial charge < -0.3 is 91.2 Å². The van der Waals surface area contributed by atoms with Gasteiger partial charge in [-0.25, -0.2) is 4.39 Å². The van der Waals surface area contributed by atoms with E-state index in [9.17, 15) is 83.2 Å². The normalized spacial score (nSPS) is 26.4. The minimum Gasteiger partial charge on any atom is -0.508 e. The zero-order valence-corrected chi connectivity index (χ0v) is 51.4. The molecule has 3 heterocycles. The minimum atomic E-state index is -3.34. The number of nitrogens with one attached hydrogen (secondary N) is 5. The summed E-state index contributed by atoms with van der Waals surface area (Å²) in [7, 11) is 5.40. The molecule has 0 spiro atoms. The van der Waals surface area contributed by atoms with E-state index in [1.807, 2.05) is 0 Å². The number of phenolic OH excluding ortho intramolecular Hbond substituents is 1. The van der Waals surface area contributed by atoms with E-state index in [0.29, 0.717) is 23.1 Å². The molecule has 0 aromatic heterocycles. The summed E-state index contributed by atoms with van der Waals surface area (Å²) >= 11 is 0. The quantitative estimate of drug-likeness (QED) is 0.0605. The summed E-state index contributed by atoms with van der Waals surface area (Å²) in [6.07, 6.45) is -19.4. The summed E-state index contributed by atoms with van der Waals surface area (Å²) in [5.41, 5.74) is 1.21. The number of fused-ring (bicyclic) bond motifs is 2. The van der Waals surface area contributed by atoms with Gasteiger partial charge in [0.25, 0.3) is 5.91 Å². The molecule has 4 aromatic rings. The van der Waals surface area contributed by atoms with Gasteiger partial charge in [0.05, 0.1) is 58.6 Å². The van der Waals surface area contributed by atoms with Crippen LogP contribution in [0.5, 0.6) is 11.5 Å². The van der Waals surface area contributed by atoms with Crippen LogP contribution in [0.2, 0.25) is 0 Å². The van der Waals surface area contributed by atoms with Gasteiger partial charge in [0.1, 0.15) is 78.4 Å². The van der Waals surface area contributed by atoms with E-state index in [1.165, 1.54) is 43.3 Å². The molecule has 3 saturated heterocycles. The number of quaternary nitrogens is 1. The van der Waals surface area contributed by atoms with Crippen LogP contribution in [0.3, 0.4) is 0 Å². The lowest BCUT2D eigenvalue weighted by Crippen LogP contribution is -2.64. The molecule has 0 bridgehead atoms. The van der Waals surface area contributed by atoms with Gasteiger partial charge in [0, 0.05) is 43.0 Å². The van der Waals surface area contributed by atoms with Crippen molar-refractivity contribution in [2.75, 3.05) is 47.4 Å². The number of hydrogen-bond acceptors (Lipinski definition) is 17. The third kappa shape index (κ3) is 17.8. The Bertz CT molecular complexity index is 3210. The maximum absolute atomic E-state index is 16.3. The SMILES string of the molecule is CCCCC(F)(F)Oc1ccc(-c2ccc(-c3ccc(C(=O)N[C@H]4C[C@@H](O)[C@@H](OCC[N+](C)(C)C)NC(=O)[C@@H]5[C@@H](O)[C@@H](C)CN5C(=O)[C@H]([C@@H](C)O)NC(=O)[C@H]([C@H](O)[C@@H](O)c5ccc(O)cc5)NC(=O)[C@@H]5C[C@@H](O)CN5C(=O)[C@H]([C@@H](C)O)NC4=O)cc3F)cc2)cc1. The Morgan fingerprint density at radius 2 is 1.30 bits per heavy atom. The highest BCUT2D eigenvalue weighted by atomic mass is 19.3. The first-order valence-corrected chi connectivity index (χ1v) is 30.0. The molecule has 28 heteroatoms. The number of ether oxygens (including phenoxy) is 2. The number of halogens is 3. The number of rotatable bonds is 18. The summed E-state index contributed by atoms with van der Waals surface area (Å²) in [4.78, 5) is 104. The van der Waals surface area contributed by atoms with Crippen molar-refractivity contribution < 1.29 is 102 Å². The number of unbranched alkanes of at least 4 members (excludes halogenated alkanes) is 1. The number of aliphatic hydroxyl groups excluding tert-OH is 7. The highest BCUT2D eigenvalue weighted by Crippen LogP contribution is 2.33. The molecular weight excluding hydrogens is 1200 g/mol. The number of aliphatic hydroxyl groups is 7. The van der Waals surface area contributed by atoms with E-state index in [2.05, 4.69) is 26.6 Å². The van der Waals surface area contributed by atoms with Crippen molar-refractivity contribution in [3.8, 4) is 33.8 Å². The molecule has 7 rings (SSSR count). The second-order valence-corrected chi connectivity index (χ2v) is 24.5. The number of carbonyl (C=O) groups excluding carboxylic acids is 7. The molecule has 13 N–H and O–H groups in total. The third-order valence-electron chi connectivity index (χ3n) is 16.2. The van der Waals surface area contributed by atoms with Gasteiger partial charge in [-0.15, -0.1) is 0 Å². The highest BCUT2D eigenvalue weighted by molar-refractivity contribution is 6.00. The van der Waals surface area contributed by atoms with Gasteiger partial charge in [-0.1, -0.05) is 74.9 Å². The Kier molecular flexibility index (Phi) is 23.4. The molecule has 3 fully saturated rings. The molecule has 0 saturated carbocycles. The fourth-order valence-corrected chi connectivity index (χ4v) is 10.9. The van der Waals surface area contributed by atoms with Crippen LogP contribution in [0.25, 0.3) is 22.3 Å². The van der Waals surface area contributed by atoms with Crippen molar-refractivity contribution in [1.29, 1.82) is 0 Å². The van der Waals surface area contributed by atoms with Crippen LogP contribution in [0.15, 0.2) is 91.0 Å². The van der Waals surface area contributed by atoms with Crippen molar-refractivity contribution in [3.05, 3.63) is 108 Å². The summed E-state index contributed by atoms with van der Waals surface area (Å²) in [6, 6.07) is 8.60. The zero-order chi connectivity index (χ0) is 67.0. The molecule has 3 aliphatic rings. The van der Waals surface area contributed by atoms with Crippen molar-refractivity contribution in [1.82, 2.24) is 36.4 Å². The van der Waals surface area contributed by atoms with Crippen LogP contribution >= 0.6 is 0 Å². The number of phenols is 1. The number of carbonyl (C=O) groups is 7. The molecule has 0 radical (unpaired) electrons. The zero-order valence-electron chi connectivity index (χ0n) is 51.4. The molecule has 0 unspecified atom stereocenters. The first-order chi connectivity index (χ1) is 42.8. The monoisotopic (exact) mass is 1280 g/mol. The van der Waals surface area contributed by atoms with Crippen molar-refractivity contribution in [2.24, 2.45) is 5.92 Å². The van der Waals surface area contributed by atoms with E-state index in [-0.39, 0.29) is 58.8 Å². The number of amides is 7. The van der Waals surface area contributed by atoms with Gasteiger partial charge in [-0.2, -0.15) is 8.78 Å². The summed E-state index contributed by atoms with van der Waals surface area (Å²) in [5.74, 6) is -10.7. The smallest absolute Gasteiger partial charge is 0.397 e. The molecular formula is C63H82F3N8O17+. The van der Waals surface area contributed by atoms with Crippen LogP contribution < -0.4 is 31.3 Å². The highest BCUT2D eigenvalue weighted by Gasteiger charge is 2.50. The average Bonchev–Trinajstić information content (AvgIpc) is 1.77. The molecule has 3 aliphatic heterocycles. The van der Waals surface area contributed by atoms with Crippen molar-refractivity contribution in [3.63, 3.8) is 0 Å². The van der Waals surface area contributed by atoms with Crippen molar-refractivity contribution >= 4 is 41.4 Å². The number of aromatic hydroxyl groups is 1. The fraction of sp³-hybridized carbons (Fsp3) is 0.508. The number of nitrogens with zero attached hydrogens (tertiary/aromatic N) is 3. The molecule has 7 amide bonds. The van der Waals surface area contributed by atoms with E-state index >= 15 is 4.39 Å². The lowest BCUT2D eigenvalue weighted by Gasteiger charge is -2.34. The molecule has 91 heavy (non-hydrogen) atoms. The maximum atomic E-state index is 16.3. The molecule has 496 valence electrons. The molecule has 25 nitrogen and oxygen atoms in total. The Labute approximate surface area is 523 Å². The van der Waals surface area contributed by atoms with Gasteiger partial charge in [-0.3, -0.25) is 33.6 Å². The van der Waals surface area contributed by atoms with Gasteiger partial charge >= 0.3 is 6.11 Å². The largest absolute Gasteiger partial charge is 0.508 e. The number of alkyl halides is 2. The van der Waals surface area contributed by atoms with E-state index in [4.69, 9.17) is 9.47 Å². The Balaban J connectivity index is 1.24. The number of likely N-dealkylation sites (N-methyl/N-ethyl adjacent to an activating group) is 1. The first-order valence-electron chi connectivity index (χ1n) is 30.0. The summed E-state index contributed by atoms with van der Waals surface area (Å²) < 4.78 is 56.1. The van der Waals surface area contributed by atoms with Crippen LogP contribution in [-0.4, -0.2) is 229 Å². The van der Waals surface area contributed by atoms with E-state index in [1.54, 1.807) is 64.5 Å². The lowest BCUT2D eigenvalue weighted by atomic mass is 9.96. The summed E-state index contributed by atoms with van der Waals surface area (Å²) in [6.45, 7) is 4.45. The van der Waals surface area contributed by atoms with Crippen LogP contribution in [0, 0.1) is 11.7 Å². The third-order valence-corrected chi connectivity index (χ3v) is 16.2. The second kappa shape index (κ2) is 30.1. The van der Waals surface area contributed by atoms with E-state index < -0.39 is 170 Å². The fourth-order valence-electron chi connectivity index (χ4n) is 10.9. The topological polar surface area (TPSA) is 366 Å². The van der Waals surface area contributed by atoms with Gasteiger partial charge in [0.15, 0.2) is 6.23 Å². The van der Waals surface area contributed by atoms with Gasteiger partial charge in [-0.05, 0) is 78.9 Å². The predicted octanol–water partition coefficient (Wildman–Crippen LogP) is 0.535. The second-order valence-electron chi connectivity index (χ2n) is 24.5. The minimum absolute atomic E-state index is 0.0269. The predicted molar refractivity (Wildman–Crippen MR) is 320 cm³/mol. The lowest BCUT2D eigenvalue weighted by molar-refractivity contribution is -0.870. The number of benzene rings is 4. The Hall–Kier alpha value is -7.80.